The van der Waals surface area contributed by atoms with Gasteiger partial charge in [0.05, 0.1) is 6.61 Å². The molecule has 0 aliphatic rings. The first kappa shape index (κ1) is 11.7. The van der Waals surface area contributed by atoms with Crippen LogP contribution in [-0.4, -0.2) is 15.3 Å². The number of aliphatic hydroxyl groups is 1. The van der Waals surface area contributed by atoms with Crippen molar-refractivity contribution < 1.29 is 5.11 Å². The molecule has 0 heterocycles. The lowest BCUT2D eigenvalue weighted by Crippen LogP contribution is -1.97. The Labute approximate surface area is 93.8 Å². The van der Waals surface area contributed by atoms with Crippen molar-refractivity contribution in [2.45, 2.75) is 6.61 Å². The van der Waals surface area contributed by atoms with Crippen LogP contribution in [0.2, 0.25) is 0 Å². The first-order chi connectivity index (χ1) is 7.33. The maximum Gasteiger partial charge on any atom is 0.0681 e. The third kappa shape index (κ3) is 5.15. The molecule has 0 aliphatic carbocycles. The number of hydrogen-bond acceptors (Lipinski definition) is 1. The third-order valence-electron chi connectivity index (χ3n) is 1.97. The standard InChI is InChI=1S/C7H8O.C6H8Si/c8-6-7-4-2-1-3-5-7;7-6-4-2-1-3-5-6/h1-5,8H,6H2;1-5H,7H3. The van der Waals surface area contributed by atoms with Crippen LogP contribution >= 0.6 is 0 Å². The molecule has 0 spiro atoms. The normalized spacial score (nSPS) is 9.13. The molecule has 0 unspecified atom stereocenters. The predicted octanol–water partition coefficient (Wildman–Crippen LogP) is 0.856. The first-order valence-electron chi connectivity index (χ1n) is 4.99. The Morgan fingerprint density at radius 1 is 0.800 bits per heavy atom. The summed E-state index contributed by atoms with van der Waals surface area (Å²) >= 11 is 0. The molecule has 0 bridgehead atoms. The van der Waals surface area contributed by atoms with Crippen molar-refractivity contribution in [2.24, 2.45) is 0 Å². The van der Waals surface area contributed by atoms with Crippen LogP contribution in [0.5, 0.6) is 0 Å². The van der Waals surface area contributed by atoms with Gasteiger partial charge in [0.15, 0.2) is 0 Å². The van der Waals surface area contributed by atoms with E-state index in [9.17, 15) is 0 Å². The van der Waals surface area contributed by atoms with Crippen molar-refractivity contribution in [3.05, 3.63) is 66.2 Å². The van der Waals surface area contributed by atoms with Crippen molar-refractivity contribution in [2.75, 3.05) is 0 Å². The van der Waals surface area contributed by atoms with Gasteiger partial charge in [0.25, 0.3) is 0 Å². The Morgan fingerprint density at radius 2 is 1.27 bits per heavy atom. The monoisotopic (exact) mass is 216 g/mol. The van der Waals surface area contributed by atoms with Gasteiger partial charge in [-0.2, -0.15) is 0 Å². The Balaban J connectivity index is 0.000000151. The highest BCUT2D eigenvalue weighted by Crippen LogP contribution is 1.95. The molecule has 2 aromatic rings. The maximum absolute atomic E-state index is 8.54. The molecule has 0 saturated heterocycles. The number of rotatable bonds is 1. The van der Waals surface area contributed by atoms with Gasteiger partial charge in [-0.3, -0.25) is 0 Å². The average Bonchev–Trinajstić information content (AvgIpc) is 2.32. The smallest absolute Gasteiger partial charge is 0.0681 e. The summed E-state index contributed by atoms with van der Waals surface area (Å²) in [4.78, 5) is 0. The van der Waals surface area contributed by atoms with Crippen molar-refractivity contribution in [3.63, 3.8) is 0 Å². The van der Waals surface area contributed by atoms with Gasteiger partial charge >= 0.3 is 0 Å². The molecule has 0 radical (unpaired) electrons. The van der Waals surface area contributed by atoms with Crippen LogP contribution in [0.25, 0.3) is 0 Å². The summed E-state index contributed by atoms with van der Waals surface area (Å²) in [6.45, 7) is 0.140. The van der Waals surface area contributed by atoms with Crippen LogP contribution in [0.3, 0.4) is 0 Å². The van der Waals surface area contributed by atoms with Crippen LogP contribution < -0.4 is 5.19 Å². The molecule has 15 heavy (non-hydrogen) atoms. The fourth-order valence-corrected chi connectivity index (χ4v) is 1.50. The molecule has 0 aliphatic heterocycles. The van der Waals surface area contributed by atoms with Gasteiger partial charge in [-0.1, -0.05) is 65.9 Å². The van der Waals surface area contributed by atoms with E-state index in [4.69, 9.17) is 5.11 Å². The largest absolute Gasteiger partial charge is 0.392 e. The quantitative estimate of drug-likeness (QED) is 0.701. The number of aliphatic hydroxyl groups excluding tert-OH is 1. The summed E-state index contributed by atoms with van der Waals surface area (Å²) in [6.07, 6.45) is 0. The fraction of sp³-hybridized carbons (Fsp3) is 0.0769. The summed E-state index contributed by atoms with van der Waals surface area (Å²) in [5.41, 5.74) is 0.965. The van der Waals surface area contributed by atoms with Crippen molar-refractivity contribution in [1.82, 2.24) is 0 Å². The minimum absolute atomic E-state index is 0.140. The zero-order valence-electron chi connectivity index (χ0n) is 8.93. The van der Waals surface area contributed by atoms with E-state index in [2.05, 4.69) is 24.3 Å². The van der Waals surface area contributed by atoms with Crippen LogP contribution in [0, 0.1) is 0 Å². The van der Waals surface area contributed by atoms with Crippen LogP contribution in [-0.2, 0) is 6.61 Å². The molecule has 2 rings (SSSR count). The Kier molecular flexibility index (Phi) is 5.44. The summed E-state index contributed by atoms with van der Waals surface area (Å²) in [7, 11) is 1.17. The van der Waals surface area contributed by atoms with Crippen molar-refractivity contribution in [1.29, 1.82) is 0 Å². The zero-order chi connectivity index (χ0) is 10.9. The fourth-order valence-electron chi connectivity index (χ4n) is 1.12. The molecule has 2 heteroatoms. The minimum Gasteiger partial charge on any atom is -0.392 e. The number of hydrogen-bond donors (Lipinski definition) is 1. The van der Waals surface area contributed by atoms with E-state index in [1.807, 2.05) is 36.4 Å². The summed E-state index contributed by atoms with van der Waals surface area (Å²) in [5.74, 6) is 0. The van der Waals surface area contributed by atoms with Gasteiger partial charge in [0.2, 0.25) is 0 Å². The highest BCUT2D eigenvalue weighted by atomic mass is 28.1. The van der Waals surface area contributed by atoms with Gasteiger partial charge in [-0.15, -0.1) is 0 Å². The van der Waals surface area contributed by atoms with Crippen molar-refractivity contribution >= 4 is 15.4 Å². The van der Waals surface area contributed by atoms with E-state index in [1.54, 1.807) is 0 Å². The predicted molar refractivity (Wildman–Crippen MR) is 68.4 cm³/mol. The van der Waals surface area contributed by atoms with Gasteiger partial charge in [0, 0.05) is 10.2 Å². The zero-order valence-corrected chi connectivity index (χ0v) is 10.9. The SMILES string of the molecule is OCc1ccccc1.[SiH3]c1ccccc1. The highest BCUT2D eigenvalue weighted by molar-refractivity contribution is 6.32. The van der Waals surface area contributed by atoms with E-state index in [1.165, 1.54) is 15.4 Å². The molecule has 1 nitrogen and oxygen atoms in total. The number of benzene rings is 2. The van der Waals surface area contributed by atoms with E-state index in [0.717, 1.165) is 5.56 Å². The second kappa shape index (κ2) is 6.98. The Hall–Kier alpha value is -1.38. The topological polar surface area (TPSA) is 20.2 Å². The lowest BCUT2D eigenvalue weighted by molar-refractivity contribution is 0.282. The molecule has 78 valence electrons. The molecule has 1 N–H and O–H groups in total. The molecule has 0 fully saturated rings. The molecular weight excluding hydrogens is 200 g/mol. The third-order valence-corrected chi connectivity index (χ3v) is 2.63. The Morgan fingerprint density at radius 3 is 1.53 bits per heavy atom. The highest BCUT2D eigenvalue weighted by Gasteiger charge is 1.81. The van der Waals surface area contributed by atoms with Crippen LogP contribution in [0.4, 0.5) is 0 Å². The second-order valence-electron chi connectivity index (χ2n) is 3.30. The average molecular weight is 216 g/mol. The second-order valence-corrected chi connectivity index (χ2v) is 4.45. The Bertz CT molecular complexity index is 359. The molecule has 0 aromatic heterocycles. The maximum atomic E-state index is 8.54. The minimum atomic E-state index is 0.140. The van der Waals surface area contributed by atoms with Crippen LogP contribution in [0.1, 0.15) is 5.56 Å². The first-order valence-corrected chi connectivity index (χ1v) is 5.99. The van der Waals surface area contributed by atoms with E-state index >= 15 is 0 Å². The van der Waals surface area contributed by atoms with E-state index in [0.29, 0.717) is 0 Å². The van der Waals surface area contributed by atoms with Gasteiger partial charge < -0.3 is 5.11 Å². The lowest BCUT2D eigenvalue weighted by Gasteiger charge is -1.89. The molecular formula is C13H16OSi. The summed E-state index contributed by atoms with van der Waals surface area (Å²) < 4.78 is 0. The van der Waals surface area contributed by atoms with Gasteiger partial charge in [-0.05, 0) is 5.56 Å². The lowest BCUT2D eigenvalue weighted by atomic mass is 10.2. The summed E-state index contributed by atoms with van der Waals surface area (Å²) in [5, 5.41) is 10.00. The molecule has 0 saturated carbocycles. The van der Waals surface area contributed by atoms with Gasteiger partial charge in [-0.25, -0.2) is 0 Å². The van der Waals surface area contributed by atoms with Gasteiger partial charge in [0.1, 0.15) is 0 Å². The van der Waals surface area contributed by atoms with E-state index in [-0.39, 0.29) is 6.61 Å². The van der Waals surface area contributed by atoms with Crippen molar-refractivity contribution in [3.8, 4) is 0 Å². The molecule has 0 atom stereocenters. The molecule has 2 aromatic carbocycles. The van der Waals surface area contributed by atoms with E-state index < -0.39 is 0 Å². The molecule has 0 amide bonds. The van der Waals surface area contributed by atoms with Crippen LogP contribution in [0.15, 0.2) is 60.7 Å². The summed E-state index contributed by atoms with van der Waals surface area (Å²) in [6, 6.07) is 20.0.